The van der Waals surface area contributed by atoms with Crippen LogP contribution in [0.4, 0.5) is 4.39 Å². The first-order valence-corrected chi connectivity index (χ1v) is 5.93. The van der Waals surface area contributed by atoms with E-state index in [1.807, 2.05) is 0 Å². The number of carboxylic acid groups (broad SMARTS) is 1. The van der Waals surface area contributed by atoms with E-state index in [9.17, 15) is 14.3 Å². The van der Waals surface area contributed by atoms with E-state index < -0.39 is 23.5 Å². The Balaban J connectivity index is 2.30. The molecule has 1 heterocycles. The second-order valence-corrected chi connectivity index (χ2v) is 4.88. The summed E-state index contributed by atoms with van der Waals surface area (Å²) in [5, 5.41) is 21.5. The minimum Gasteiger partial charge on any atom is -0.505 e. The number of carbonyl (C=O) groups is 1. The van der Waals surface area contributed by atoms with Crippen molar-refractivity contribution in [3.8, 4) is 5.75 Å². The predicted octanol–water partition coefficient (Wildman–Crippen LogP) is 2.03. The van der Waals surface area contributed by atoms with Gasteiger partial charge in [-0.2, -0.15) is 0 Å². The van der Waals surface area contributed by atoms with Crippen molar-refractivity contribution in [2.45, 2.75) is 12.5 Å². The number of rotatable bonds is 2. The van der Waals surface area contributed by atoms with Crippen molar-refractivity contribution in [2.75, 3.05) is 6.54 Å². The number of nitrogens with one attached hydrogen (secondary N) is 1. The maximum absolute atomic E-state index is 13.3. The molecule has 0 aromatic heterocycles. The Morgan fingerprint density at radius 3 is 2.82 bits per heavy atom. The molecule has 6 heteroatoms. The van der Waals surface area contributed by atoms with Crippen LogP contribution < -0.4 is 5.32 Å². The van der Waals surface area contributed by atoms with Crippen LogP contribution in [-0.4, -0.2) is 22.7 Å². The smallest absolute Gasteiger partial charge is 0.307 e. The Morgan fingerprint density at radius 2 is 2.24 bits per heavy atom. The molecule has 2 rings (SSSR count). The summed E-state index contributed by atoms with van der Waals surface area (Å²) in [4.78, 5) is 10.8. The van der Waals surface area contributed by atoms with Crippen molar-refractivity contribution in [1.29, 1.82) is 0 Å². The van der Waals surface area contributed by atoms with Gasteiger partial charge >= 0.3 is 5.97 Å². The fourth-order valence-electron chi connectivity index (χ4n) is 2.03. The van der Waals surface area contributed by atoms with Gasteiger partial charge in [0.05, 0.1) is 5.92 Å². The second-order valence-electron chi connectivity index (χ2n) is 4.02. The number of aliphatic carboxylic acids is 1. The first-order chi connectivity index (χ1) is 8.00. The minimum absolute atomic E-state index is 0.322. The third-order valence-electron chi connectivity index (χ3n) is 2.94. The Labute approximate surface area is 106 Å². The summed E-state index contributed by atoms with van der Waals surface area (Å²) in [5.74, 6) is -2.52. The summed E-state index contributed by atoms with van der Waals surface area (Å²) < 4.78 is 13.8. The summed E-state index contributed by atoms with van der Waals surface area (Å²) in [5.41, 5.74) is 0.383. The first-order valence-electron chi connectivity index (χ1n) is 5.13. The zero-order valence-electron chi connectivity index (χ0n) is 8.78. The van der Waals surface area contributed by atoms with E-state index in [1.54, 1.807) is 0 Å². The van der Waals surface area contributed by atoms with Gasteiger partial charge in [-0.3, -0.25) is 4.79 Å². The summed E-state index contributed by atoms with van der Waals surface area (Å²) in [6.45, 7) is 0.322. The topological polar surface area (TPSA) is 69.6 Å². The van der Waals surface area contributed by atoms with Gasteiger partial charge < -0.3 is 15.5 Å². The Morgan fingerprint density at radius 1 is 1.53 bits per heavy atom. The number of hydrogen-bond acceptors (Lipinski definition) is 3. The lowest BCUT2D eigenvalue weighted by Crippen LogP contribution is -2.17. The molecule has 3 N–H and O–H groups in total. The quantitative estimate of drug-likeness (QED) is 0.782. The number of carboxylic acids is 1. The van der Waals surface area contributed by atoms with Gasteiger partial charge in [0.15, 0.2) is 11.6 Å². The van der Waals surface area contributed by atoms with E-state index >= 15 is 0 Å². The third-order valence-corrected chi connectivity index (χ3v) is 3.63. The summed E-state index contributed by atoms with van der Waals surface area (Å²) in [6.07, 6.45) is 0.338. The Kier molecular flexibility index (Phi) is 3.35. The number of hydrogen-bond donors (Lipinski definition) is 3. The molecule has 1 aromatic rings. The minimum atomic E-state index is -0.882. The molecular weight excluding hydrogens is 293 g/mol. The van der Waals surface area contributed by atoms with E-state index in [2.05, 4.69) is 21.2 Å². The molecule has 0 aliphatic carbocycles. The molecule has 1 aromatic carbocycles. The molecule has 1 aliphatic heterocycles. The van der Waals surface area contributed by atoms with Gasteiger partial charge in [0.1, 0.15) is 0 Å². The van der Waals surface area contributed by atoms with Crippen LogP contribution in [0.15, 0.2) is 16.6 Å². The highest BCUT2D eigenvalue weighted by Gasteiger charge is 2.33. The molecule has 0 bridgehead atoms. The van der Waals surface area contributed by atoms with Crippen LogP contribution in [0.1, 0.15) is 18.0 Å². The maximum atomic E-state index is 13.3. The molecule has 0 radical (unpaired) electrons. The molecule has 1 saturated heterocycles. The summed E-state index contributed by atoms with van der Waals surface area (Å²) in [6, 6.07) is 2.31. The highest BCUT2D eigenvalue weighted by atomic mass is 79.9. The maximum Gasteiger partial charge on any atom is 0.307 e. The zero-order chi connectivity index (χ0) is 12.6. The fourth-order valence-corrected chi connectivity index (χ4v) is 2.63. The second kappa shape index (κ2) is 4.62. The molecular formula is C11H11BrFNO3. The van der Waals surface area contributed by atoms with Crippen LogP contribution >= 0.6 is 15.9 Å². The average Bonchev–Trinajstić information content (AvgIpc) is 2.73. The van der Waals surface area contributed by atoms with Gasteiger partial charge in [0, 0.05) is 22.6 Å². The van der Waals surface area contributed by atoms with Crippen LogP contribution in [0, 0.1) is 11.7 Å². The Hall–Kier alpha value is -1.14. The molecule has 1 aliphatic rings. The standard InChI is InChI=1S/C11H11BrFNO3/c12-6-1-2-7(13)10(15)9(6)8-3-5(4-14-8)11(16)17/h1-2,5,8,14-15H,3-4H2,(H,16,17). The van der Waals surface area contributed by atoms with Crippen molar-refractivity contribution < 1.29 is 19.4 Å². The monoisotopic (exact) mass is 303 g/mol. The van der Waals surface area contributed by atoms with Crippen molar-refractivity contribution in [3.63, 3.8) is 0 Å². The lowest BCUT2D eigenvalue weighted by atomic mass is 9.99. The molecule has 17 heavy (non-hydrogen) atoms. The molecule has 1 fully saturated rings. The predicted molar refractivity (Wildman–Crippen MR) is 62.3 cm³/mol. The van der Waals surface area contributed by atoms with Crippen molar-refractivity contribution in [3.05, 3.63) is 28.0 Å². The molecule has 0 amide bonds. The SMILES string of the molecule is O=C(O)C1CNC(c2c(Br)ccc(F)c2O)C1. The van der Waals surface area contributed by atoms with Gasteiger partial charge in [0.25, 0.3) is 0 Å². The summed E-state index contributed by atoms with van der Waals surface area (Å²) >= 11 is 3.23. The lowest BCUT2D eigenvalue weighted by Gasteiger charge is -2.15. The fraction of sp³-hybridized carbons (Fsp3) is 0.364. The highest BCUT2D eigenvalue weighted by molar-refractivity contribution is 9.10. The van der Waals surface area contributed by atoms with Gasteiger partial charge in [-0.05, 0) is 18.6 Å². The number of aromatic hydroxyl groups is 1. The van der Waals surface area contributed by atoms with Crippen molar-refractivity contribution >= 4 is 21.9 Å². The van der Waals surface area contributed by atoms with Crippen molar-refractivity contribution in [1.82, 2.24) is 5.32 Å². The van der Waals surface area contributed by atoms with E-state index in [0.29, 0.717) is 23.0 Å². The van der Waals surface area contributed by atoms with Gasteiger partial charge in [-0.25, -0.2) is 4.39 Å². The molecule has 2 atom stereocenters. The normalized spacial score (nSPS) is 23.9. The zero-order valence-corrected chi connectivity index (χ0v) is 10.4. The van der Waals surface area contributed by atoms with Crippen LogP contribution in [0.3, 0.4) is 0 Å². The summed E-state index contributed by atoms with van der Waals surface area (Å²) in [7, 11) is 0. The van der Waals surface area contributed by atoms with Crippen molar-refractivity contribution in [2.24, 2.45) is 5.92 Å². The highest BCUT2D eigenvalue weighted by Crippen LogP contribution is 2.38. The van der Waals surface area contributed by atoms with Gasteiger partial charge in [0.2, 0.25) is 0 Å². The molecule has 0 spiro atoms. The molecule has 0 saturated carbocycles. The Bertz CT molecular complexity index is 466. The van der Waals surface area contributed by atoms with Crippen LogP contribution in [0.25, 0.3) is 0 Å². The first kappa shape index (κ1) is 12.3. The molecule has 92 valence electrons. The van der Waals surface area contributed by atoms with Crippen LogP contribution in [-0.2, 0) is 4.79 Å². The van der Waals surface area contributed by atoms with E-state index in [0.717, 1.165) is 6.07 Å². The van der Waals surface area contributed by atoms with Crippen LogP contribution in [0.5, 0.6) is 5.75 Å². The van der Waals surface area contributed by atoms with Gasteiger partial charge in [-0.1, -0.05) is 15.9 Å². The molecule has 2 unspecified atom stereocenters. The van der Waals surface area contributed by atoms with Crippen LogP contribution in [0.2, 0.25) is 0 Å². The van der Waals surface area contributed by atoms with Gasteiger partial charge in [-0.15, -0.1) is 0 Å². The largest absolute Gasteiger partial charge is 0.505 e. The lowest BCUT2D eigenvalue weighted by molar-refractivity contribution is -0.141. The number of phenols is 1. The number of benzene rings is 1. The number of phenolic OH excluding ortho intramolecular Hbond substituents is 1. The average molecular weight is 304 g/mol. The molecule has 4 nitrogen and oxygen atoms in total. The third kappa shape index (κ3) is 2.28. The van der Waals surface area contributed by atoms with E-state index in [1.165, 1.54) is 6.07 Å². The van der Waals surface area contributed by atoms with E-state index in [4.69, 9.17) is 5.11 Å². The van der Waals surface area contributed by atoms with E-state index in [-0.39, 0.29) is 6.04 Å². The number of halogens is 2.